The number of aromatic nitrogens is 6. The Hall–Kier alpha value is -4.19. The van der Waals surface area contributed by atoms with Gasteiger partial charge in [-0.3, -0.25) is 23.3 Å². The molecule has 0 saturated carbocycles. The van der Waals surface area contributed by atoms with Gasteiger partial charge in [0.15, 0.2) is 16.3 Å². The number of thioether (sulfide) groups is 1. The third-order valence-corrected chi connectivity index (χ3v) is 6.88. The smallest absolute Gasteiger partial charge is 0.325 e. The van der Waals surface area contributed by atoms with Gasteiger partial charge in [-0.15, -0.1) is 10.2 Å². The molecule has 5 aromatic rings. The van der Waals surface area contributed by atoms with Crippen molar-refractivity contribution >= 4 is 40.3 Å². The predicted octanol–water partition coefficient (Wildman–Crippen LogP) is 2.31. The van der Waals surface area contributed by atoms with Crippen LogP contribution < -0.4 is 16.6 Å². The van der Waals surface area contributed by atoms with E-state index in [-0.39, 0.29) is 29.5 Å². The summed E-state index contributed by atoms with van der Waals surface area (Å²) in [6, 6.07) is 13.4. The van der Waals surface area contributed by atoms with Crippen molar-refractivity contribution < 1.29 is 9.18 Å². The van der Waals surface area contributed by atoms with Gasteiger partial charge in [0.25, 0.3) is 5.56 Å². The highest BCUT2D eigenvalue weighted by Crippen LogP contribution is 2.25. The second kappa shape index (κ2) is 9.11. The van der Waals surface area contributed by atoms with Crippen LogP contribution in [0.5, 0.6) is 0 Å². The molecule has 0 aliphatic rings. The first kappa shape index (κ1) is 23.5. The Balaban J connectivity index is 1.58. The largest absolute Gasteiger partial charge is 0.332 e. The Labute approximate surface area is 208 Å². The molecule has 12 heteroatoms. The second-order valence-electron chi connectivity index (χ2n) is 8.36. The highest BCUT2D eigenvalue weighted by Gasteiger charge is 2.24. The predicted molar refractivity (Wildman–Crippen MR) is 135 cm³/mol. The molecule has 0 unspecified atom stereocenters. The van der Waals surface area contributed by atoms with Crippen LogP contribution in [0.4, 0.5) is 10.1 Å². The zero-order valence-corrected chi connectivity index (χ0v) is 20.5. The number of nitrogens with one attached hydrogen (secondary N) is 1. The molecule has 3 heterocycles. The summed E-state index contributed by atoms with van der Waals surface area (Å²) >= 11 is 1.14. The molecule has 2 aromatic carbocycles. The SMILES string of the molecule is Cc1ccccc1NC(=O)CSc1nnc2n(Cc3ccc(F)cc3)c3c(=O)n(C)c(=O)n(C)c3n12. The lowest BCUT2D eigenvalue weighted by molar-refractivity contribution is -0.113. The van der Waals surface area contributed by atoms with Gasteiger partial charge in [0.1, 0.15) is 5.82 Å². The monoisotopic (exact) mass is 507 g/mol. The molecule has 3 aromatic heterocycles. The van der Waals surface area contributed by atoms with E-state index in [0.29, 0.717) is 16.6 Å². The first-order chi connectivity index (χ1) is 17.3. The van der Waals surface area contributed by atoms with Crippen molar-refractivity contribution in [2.45, 2.75) is 18.6 Å². The minimum absolute atomic E-state index is 0.0402. The second-order valence-corrected chi connectivity index (χ2v) is 9.30. The Kier molecular flexibility index (Phi) is 5.96. The number of para-hydroxylation sites is 1. The van der Waals surface area contributed by atoms with Crippen LogP contribution in [0.2, 0.25) is 0 Å². The molecule has 0 saturated heterocycles. The number of hydrogen-bond donors (Lipinski definition) is 1. The number of aryl methyl sites for hydroxylation is 2. The van der Waals surface area contributed by atoms with Gasteiger partial charge >= 0.3 is 5.69 Å². The molecule has 0 fully saturated rings. The van der Waals surface area contributed by atoms with E-state index in [1.807, 2.05) is 31.2 Å². The van der Waals surface area contributed by atoms with Crippen LogP contribution in [0.15, 0.2) is 63.3 Å². The van der Waals surface area contributed by atoms with Crippen molar-refractivity contribution in [1.29, 1.82) is 0 Å². The number of benzene rings is 2. The van der Waals surface area contributed by atoms with E-state index in [4.69, 9.17) is 0 Å². The fourth-order valence-corrected chi connectivity index (χ4v) is 4.80. The van der Waals surface area contributed by atoms with Crippen LogP contribution in [-0.2, 0) is 25.4 Å². The number of nitrogens with zero attached hydrogens (tertiary/aromatic N) is 6. The van der Waals surface area contributed by atoms with Crippen molar-refractivity contribution in [3.63, 3.8) is 0 Å². The summed E-state index contributed by atoms with van der Waals surface area (Å²) in [5.74, 6) is -0.233. The van der Waals surface area contributed by atoms with Gasteiger partial charge in [-0.1, -0.05) is 42.1 Å². The summed E-state index contributed by atoms with van der Waals surface area (Å²) in [4.78, 5) is 38.5. The van der Waals surface area contributed by atoms with Gasteiger partial charge in [0.05, 0.1) is 12.3 Å². The van der Waals surface area contributed by atoms with E-state index in [0.717, 1.165) is 33.1 Å². The summed E-state index contributed by atoms with van der Waals surface area (Å²) in [6.07, 6.45) is 0. The highest BCUT2D eigenvalue weighted by atomic mass is 32.2. The third kappa shape index (κ3) is 3.98. The van der Waals surface area contributed by atoms with Crippen LogP contribution in [0, 0.1) is 12.7 Å². The number of rotatable bonds is 6. The molecule has 1 N–H and O–H groups in total. The summed E-state index contributed by atoms with van der Waals surface area (Å²) in [5.41, 5.74) is 1.96. The molecular formula is C24H22FN7O3S. The first-order valence-corrected chi connectivity index (χ1v) is 12.0. The molecule has 0 atom stereocenters. The first-order valence-electron chi connectivity index (χ1n) is 11.0. The van der Waals surface area contributed by atoms with E-state index < -0.39 is 11.2 Å². The fraction of sp³-hybridized carbons (Fsp3) is 0.208. The Morgan fingerprint density at radius 1 is 1.03 bits per heavy atom. The molecular weight excluding hydrogens is 485 g/mol. The lowest BCUT2D eigenvalue weighted by Crippen LogP contribution is -2.37. The topological polar surface area (TPSA) is 108 Å². The van der Waals surface area contributed by atoms with Crippen LogP contribution in [0.3, 0.4) is 0 Å². The van der Waals surface area contributed by atoms with E-state index >= 15 is 0 Å². The maximum atomic E-state index is 13.4. The molecule has 0 bridgehead atoms. The zero-order valence-electron chi connectivity index (χ0n) is 19.7. The Morgan fingerprint density at radius 2 is 1.75 bits per heavy atom. The number of fused-ring (bicyclic) bond motifs is 3. The molecule has 0 aliphatic heterocycles. The lowest BCUT2D eigenvalue weighted by Gasteiger charge is -2.08. The van der Waals surface area contributed by atoms with Gasteiger partial charge in [0.2, 0.25) is 11.7 Å². The third-order valence-electron chi connectivity index (χ3n) is 5.96. The number of carbonyl (C=O) groups excluding carboxylic acids is 1. The minimum Gasteiger partial charge on any atom is -0.325 e. The molecule has 10 nitrogen and oxygen atoms in total. The number of halogens is 1. The van der Waals surface area contributed by atoms with E-state index in [1.165, 1.54) is 23.7 Å². The summed E-state index contributed by atoms with van der Waals surface area (Å²) in [5, 5.41) is 11.7. The van der Waals surface area contributed by atoms with Crippen LogP contribution >= 0.6 is 11.8 Å². The van der Waals surface area contributed by atoms with Gasteiger partial charge in [-0.05, 0) is 36.2 Å². The number of anilines is 1. The minimum atomic E-state index is -0.504. The Bertz CT molecular complexity index is 1750. The van der Waals surface area contributed by atoms with Gasteiger partial charge in [-0.25, -0.2) is 13.6 Å². The number of imidazole rings is 1. The molecule has 0 aliphatic carbocycles. The number of hydrogen-bond acceptors (Lipinski definition) is 6. The molecule has 0 radical (unpaired) electrons. The molecule has 5 rings (SSSR count). The van der Waals surface area contributed by atoms with E-state index in [2.05, 4.69) is 15.5 Å². The highest BCUT2D eigenvalue weighted by molar-refractivity contribution is 7.99. The van der Waals surface area contributed by atoms with Crippen molar-refractivity contribution in [2.24, 2.45) is 14.1 Å². The average Bonchev–Trinajstić information content (AvgIpc) is 3.41. The van der Waals surface area contributed by atoms with Crippen molar-refractivity contribution in [3.8, 4) is 0 Å². The van der Waals surface area contributed by atoms with Gasteiger partial charge < -0.3 is 5.32 Å². The van der Waals surface area contributed by atoms with Crippen LogP contribution in [0.25, 0.3) is 16.9 Å². The number of amides is 1. The normalized spacial score (nSPS) is 11.4. The molecule has 184 valence electrons. The van der Waals surface area contributed by atoms with E-state index in [1.54, 1.807) is 28.1 Å². The summed E-state index contributed by atoms with van der Waals surface area (Å²) < 4.78 is 19.1. The molecule has 36 heavy (non-hydrogen) atoms. The fourth-order valence-electron chi connectivity index (χ4n) is 4.08. The number of carbonyl (C=O) groups is 1. The zero-order chi connectivity index (χ0) is 25.6. The summed E-state index contributed by atoms with van der Waals surface area (Å²) in [7, 11) is 2.97. The average molecular weight is 508 g/mol. The van der Waals surface area contributed by atoms with Crippen molar-refractivity contribution in [3.05, 3.63) is 86.3 Å². The lowest BCUT2D eigenvalue weighted by atomic mass is 10.2. The van der Waals surface area contributed by atoms with Gasteiger partial charge in [-0.2, -0.15) is 0 Å². The summed E-state index contributed by atoms with van der Waals surface area (Å²) in [6.45, 7) is 2.11. The standard InChI is InChI=1S/C24H22FN7O3S/c1-14-6-4-5-7-17(14)26-18(33)13-36-23-28-27-22-31(12-15-8-10-16(25)11-9-15)19-20(32(22)23)29(2)24(35)30(3)21(19)34/h4-11H,12-13H2,1-3H3,(H,26,33). The van der Waals surface area contributed by atoms with Crippen LogP contribution in [0.1, 0.15) is 11.1 Å². The van der Waals surface area contributed by atoms with Crippen molar-refractivity contribution in [2.75, 3.05) is 11.1 Å². The van der Waals surface area contributed by atoms with Crippen LogP contribution in [-0.4, -0.2) is 40.0 Å². The van der Waals surface area contributed by atoms with Gasteiger partial charge in [0, 0.05) is 19.8 Å². The molecule has 1 amide bonds. The Morgan fingerprint density at radius 3 is 2.47 bits per heavy atom. The quantitative estimate of drug-likeness (QED) is 0.354. The maximum Gasteiger partial charge on any atom is 0.332 e. The van der Waals surface area contributed by atoms with E-state index in [9.17, 15) is 18.8 Å². The molecule has 0 spiro atoms. The maximum absolute atomic E-state index is 13.4. The van der Waals surface area contributed by atoms with Crippen molar-refractivity contribution in [1.82, 2.24) is 28.3 Å².